The number of rotatable bonds is 2. The molecule has 1 aliphatic rings. The van der Waals surface area contributed by atoms with Gasteiger partial charge in [-0.25, -0.2) is 4.39 Å². The smallest absolute Gasteiger partial charge is 0.137 e. The number of phenolic OH excluding ortho intramolecular Hbond substituents is 1. The Hall–Kier alpha value is -1.61. The Kier molecular flexibility index (Phi) is 5.16. The average molecular weight is 375 g/mol. The topological polar surface area (TPSA) is 20.2 Å². The third kappa shape index (κ3) is 3.84. The first-order valence-corrected chi connectivity index (χ1v) is 8.91. The van der Waals surface area contributed by atoms with E-state index < -0.39 is 0 Å². The largest absolute Gasteiger partial charge is 0.508 e. The van der Waals surface area contributed by atoms with Crippen LogP contribution < -0.4 is 0 Å². The van der Waals surface area contributed by atoms with E-state index in [0.29, 0.717) is 4.47 Å². The Balaban J connectivity index is 2.14. The van der Waals surface area contributed by atoms with Gasteiger partial charge in [-0.1, -0.05) is 36.6 Å². The van der Waals surface area contributed by atoms with Gasteiger partial charge in [0, 0.05) is 0 Å². The molecule has 0 radical (unpaired) electrons. The van der Waals surface area contributed by atoms with E-state index in [-0.39, 0.29) is 11.6 Å². The highest BCUT2D eigenvalue weighted by atomic mass is 79.9. The van der Waals surface area contributed by atoms with Gasteiger partial charge in [-0.05, 0) is 82.6 Å². The SMILES string of the molecule is Oc1ccc(C(=C2CCCCCC2)c2ccc(Br)c(F)c2)cc1. The molecule has 0 aromatic heterocycles. The molecule has 0 amide bonds. The summed E-state index contributed by atoms with van der Waals surface area (Å²) in [5.74, 6) is 0.00829. The molecule has 1 N–H and O–H groups in total. The fraction of sp³-hybridized carbons (Fsp3) is 0.300. The van der Waals surface area contributed by atoms with E-state index in [1.54, 1.807) is 24.3 Å². The molecule has 2 aromatic carbocycles. The molecule has 1 fully saturated rings. The number of aromatic hydroxyl groups is 1. The molecule has 3 rings (SSSR count). The maximum atomic E-state index is 14.1. The van der Waals surface area contributed by atoms with Gasteiger partial charge in [0.2, 0.25) is 0 Å². The van der Waals surface area contributed by atoms with Gasteiger partial charge in [0.15, 0.2) is 0 Å². The van der Waals surface area contributed by atoms with Gasteiger partial charge in [-0.3, -0.25) is 0 Å². The number of hydrogen-bond acceptors (Lipinski definition) is 1. The van der Waals surface area contributed by atoms with Crippen molar-refractivity contribution in [1.82, 2.24) is 0 Å². The Morgan fingerprint density at radius 1 is 0.870 bits per heavy atom. The van der Waals surface area contributed by atoms with Crippen molar-refractivity contribution in [2.75, 3.05) is 0 Å². The fourth-order valence-corrected chi connectivity index (χ4v) is 3.51. The molecule has 0 aliphatic heterocycles. The fourth-order valence-electron chi connectivity index (χ4n) is 3.26. The maximum absolute atomic E-state index is 14.1. The van der Waals surface area contributed by atoms with Crippen LogP contribution in [0, 0.1) is 5.82 Å². The normalized spacial score (nSPS) is 15.3. The van der Waals surface area contributed by atoms with Gasteiger partial charge < -0.3 is 5.11 Å². The van der Waals surface area contributed by atoms with Crippen molar-refractivity contribution >= 4 is 21.5 Å². The van der Waals surface area contributed by atoms with E-state index in [9.17, 15) is 9.50 Å². The molecule has 120 valence electrons. The second kappa shape index (κ2) is 7.31. The highest BCUT2D eigenvalue weighted by molar-refractivity contribution is 9.10. The monoisotopic (exact) mass is 374 g/mol. The van der Waals surface area contributed by atoms with Crippen molar-refractivity contribution in [2.45, 2.75) is 38.5 Å². The van der Waals surface area contributed by atoms with Gasteiger partial charge >= 0.3 is 0 Å². The van der Waals surface area contributed by atoms with Crippen LogP contribution in [0.2, 0.25) is 0 Å². The molecule has 1 aliphatic carbocycles. The van der Waals surface area contributed by atoms with Crippen molar-refractivity contribution < 1.29 is 9.50 Å². The van der Waals surface area contributed by atoms with Gasteiger partial charge in [-0.15, -0.1) is 0 Å². The van der Waals surface area contributed by atoms with E-state index in [4.69, 9.17) is 0 Å². The Morgan fingerprint density at radius 3 is 2.09 bits per heavy atom. The predicted octanol–water partition coefficient (Wildman–Crippen LogP) is 6.45. The molecule has 0 spiro atoms. The van der Waals surface area contributed by atoms with Crippen molar-refractivity contribution in [3.8, 4) is 5.75 Å². The Bertz CT molecular complexity index is 709. The summed E-state index contributed by atoms with van der Waals surface area (Å²) in [7, 11) is 0. The molecule has 0 bridgehead atoms. The second-order valence-corrected chi connectivity index (χ2v) is 6.92. The van der Waals surface area contributed by atoms with Crippen LogP contribution in [-0.2, 0) is 0 Å². The van der Waals surface area contributed by atoms with Crippen LogP contribution in [0.25, 0.3) is 5.57 Å². The molecule has 0 unspecified atom stereocenters. The molecule has 3 heteroatoms. The van der Waals surface area contributed by atoms with Gasteiger partial charge in [0.05, 0.1) is 4.47 Å². The summed E-state index contributed by atoms with van der Waals surface area (Å²) in [6.07, 6.45) is 7.04. The summed E-state index contributed by atoms with van der Waals surface area (Å²) in [5, 5.41) is 9.56. The molecule has 0 saturated heterocycles. The number of halogens is 2. The summed E-state index contributed by atoms with van der Waals surface area (Å²) in [6, 6.07) is 12.6. The minimum absolute atomic E-state index is 0.243. The van der Waals surface area contributed by atoms with Crippen molar-refractivity contribution in [2.24, 2.45) is 0 Å². The summed E-state index contributed by atoms with van der Waals surface area (Å²) in [5.41, 5.74) is 4.47. The minimum Gasteiger partial charge on any atom is -0.508 e. The van der Waals surface area contributed by atoms with Crippen LogP contribution >= 0.6 is 15.9 Å². The Labute approximate surface area is 145 Å². The van der Waals surface area contributed by atoms with E-state index in [0.717, 1.165) is 29.5 Å². The van der Waals surface area contributed by atoms with Crippen LogP contribution in [0.3, 0.4) is 0 Å². The van der Waals surface area contributed by atoms with Crippen LogP contribution in [0.1, 0.15) is 49.7 Å². The molecule has 2 aromatic rings. The zero-order valence-corrected chi connectivity index (χ0v) is 14.6. The molecule has 1 nitrogen and oxygen atoms in total. The lowest BCUT2D eigenvalue weighted by Gasteiger charge is -2.16. The van der Waals surface area contributed by atoms with Gasteiger partial charge in [0.1, 0.15) is 11.6 Å². The number of hydrogen-bond donors (Lipinski definition) is 1. The third-order valence-corrected chi connectivity index (χ3v) is 5.07. The van der Waals surface area contributed by atoms with Crippen LogP contribution in [0.15, 0.2) is 52.5 Å². The quantitative estimate of drug-likeness (QED) is 0.598. The zero-order chi connectivity index (χ0) is 16.2. The summed E-state index contributed by atoms with van der Waals surface area (Å²) < 4.78 is 14.5. The maximum Gasteiger partial charge on any atom is 0.137 e. The van der Waals surface area contributed by atoms with Crippen LogP contribution in [0.4, 0.5) is 4.39 Å². The minimum atomic E-state index is -0.243. The van der Waals surface area contributed by atoms with Crippen LogP contribution in [-0.4, -0.2) is 5.11 Å². The molecular weight excluding hydrogens is 355 g/mol. The first-order valence-electron chi connectivity index (χ1n) is 8.12. The standard InChI is InChI=1S/C20H20BrFO/c21-18-12-9-16(13-19(18)22)20(14-5-3-1-2-4-6-14)15-7-10-17(23)11-8-15/h7-13,23H,1-6H2. The third-order valence-electron chi connectivity index (χ3n) is 4.42. The van der Waals surface area contributed by atoms with E-state index >= 15 is 0 Å². The lowest BCUT2D eigenvalue weighted by atomic mass is 9.89. The first kappa shape index (κ1) is 16.3. The van der Waals surface area contributed by atoms with Crippen molar-refractivity contribution in [3.63, 3.8) is 0 Å². The highest BCUT2D eigenvalue weighted by Gasteiger charge is 2.15. The summed E-state index contributed by atoms with van der Waals surface area (Å²) in [6.45, 7) is 0. The molecular formula is C20H20BrFO. The van der Waals surface area contributed by atoms with E-state index in [1.807, 2.05) is 18.2 Å². The van der Waals surface area contributed by atoms with E-state index in [2.05, 4.69) is 15.9 Å². The molecule has 0 atom stereocenters. The predicted molar refractivity (Wildman–Crippen MR) is 95.9 cm³/mol. The second-order valence-electron chi connectivity index (χ2n) is 6.07. The van der Waals surface area contributed by atoms with Gasteiger partial charge in [0.25, 0.3) is 0 Å². The lowest BCUT2D eigenvalue weighted by Crippen LogP contribution is -1.96. The lowest BCUT2D eigenvalue weighted by molar-refractivity contribution is 0.475. The Morgan fingerprint density at radius 2 is 1.48 bits per heavy atom. The molecule has 23 heavy (non-hydrogen) atoms. The van der Waals surface area contributed by atoms with Gasteiger partial charge in [-0.2, -0.15) is 0 Å². The number of phenols is 1. The number of allylic oxidation sites excluding steroid dienone is 1. The van der Waals surface area contributed by atoms with Crippen molar-refractivity contribution in [1.29, 1.82) is 0 Å². The molecule has 0 heterocycles. The molecule has 1 saturated carbocycles. The number of benzene rings is 2. The highest BCUT2D eigenvalue weighted by Crippen LogP contribution is 2.35. The van der Waals surface area contributed by atoms with E-state index in [1.165, 1.54) is 31.3 Å². The zero-order valence-electron chi connectivity index (χ0n) is 13.0. The first-order chi connectivity index (χ1) is 11.1. The summed E-state index contributed by atoms with van der Waals surface area (Å²) in [4.78, 5) is 0. The average Bonchev–Trinajstić information content (AvgIpc) is 2.82. The summed E-state index contributed by atoms with van der Waals surface area (Å²) >= 11 is 3.23. The van der Waals surface area contributed by atoms with Crippen molar-refractivity contribution in [3.05, 3.63) is 69.5 Å². The van der Waals surface area contributed by atoms with Crippen LogP contribution in [0.5, 0.6) is 5.75 Å².